The van der Waals surface area contributed by atoms with Crippen molar-refractivity contribution in [2.45, 2.75) is 51.1 Å². The van der Waals surface area contributed by atoms with E-state index < -0.39 is 11.9 Å². The number of fused-ring (bicyclic) bond motifs is 1. The largest absolute Gasteiger partial charge is 0.322 e. The lowest BCUT2D eigenvalue weighted by atomic mass is 9.82. The molecule has 1 saturated carbocycles. The van der Waals surface area contributed by atoms with Crippen molar-refractivity contribution in [3.63, 3.8) is 0 Å². The second-order valence-electron chi connectivity index (χ2n) is 9.53. The highest BCUT2D eigenvalue weighted by Crippen LogP contribution is 2.34. The van der Waals surface area contributed by atoms with Gasteiger partial charge in [0.1, 0.15) is 11.9 Å². The Morgan fingerprint density at radius 3 is 2.56 bits per heavy atom. The minimum Gasteiger partial charge on any atom is -0.322 e. The Balaban J connectivity index is 1.34. The van der Waals surface area contributed by atoms with Crippen LogP contribution >= 0.6 is 0 Å². The van der Waals surface area contributed by atoms with Gasteiger partial charge in [-0.15, -0.1) is 0 Å². The SMILES string of the molecule is O=C1CCC(N2Cc3cc(-c4nc(CC5CCC5)cn4-c4ccccc4)ccc3C2=O)C(=O)N1. The van der Waals surface area contributed by atoms with Crippen LogP contribution in [0.1, 0.15) is 53.7 Å². The van der Waals surface area contributed by atoms with Crippen LogP contribution in [0.4, 0.5) is 0 Å². The summed E-state index contributed by atoms with van der Waals surface area (Å²) in [5.41, 5.74) is 4.58. The Morgan fingerprint density at radius 1 is 1.00 bits per heavy atom. The second kappa shape index (κ2) is 8.24. The summed E-state index contributed by atoms with van der Waals surface area (Å²) in [5, 5.41) is 2.36. The highest BCUT2D eigenvalue weighted by molar-refractivity contribution is 6.05. The molecule has 3 aliphatic rings. The number of piperidine rings is 1. The Bertz CT molecular complexity index is 1290. The first-order valence-electron chi connectivity index (χ1n) is 12.0. The van der Waals surface area contributed by atoms with Crippen molar-refractivity contribution in [3.8, 4) is 17.1 Å². The lowest BCUT2D eigenvalue weighted by Crippen LogP contribution is -2.52. The molecular formula is C27H26N4O3. The summed E-state index contributed by atoms with van der Waals surface area (Å²) in [4.78, 5) is 43.6. The third-order valence-electron chi connectivity index (χ3n) is 7.29. The number of nitrogens with one attached hydrogen (secondary N) is 1. The lowest BCUT2D eigenvalue weighted by Gasteiger charge is -2.29. The minimum atomic E-state index is -0.610. The molecule has 172 valence electrons. The number of carbonyl (C=O) groups excluding carboxylic acids is 3. The van der Waals surface area contributed by atoms with Gasteiger partial charge in [-0.2, -0.15) is 0 Å². The van der Waals surface area contributed by atoms with E-state index in [1.807, 2.05) is 36.4 Å². The Hall–Kier alpha value is -3.74. The molecule has 7 nitrogen and oxygen atoms in total. The van der Waals surface area contributed by atoms with Gasteiger partial charge >= 0.3 is 0 Å². The first-order valence-corrected chi connectivity index (χ1v) is 12.0. The molecule has 1 saturated heterocycles. The van der Waals surface area contributed by atoms with Crippen molar-refractivity contribution >= 4 is 17.7 Å². The van der Waals surface area contributed by atoms with Gasteiger partial charge in [-0.1, -0.05) is 43.5 Å². The fourth-order valence-electron chi connectivity index (χ4n) is 5.22. The van der Waals surface area contributed by atoms with E-state index in [2.05, 4.69) is 28.2 Å². The Morgan fingerprint density at radius 2 is 1.82 bits per heavy atom. The zero-order valence-corrected chi connectivity index (χ0v) is 18.9. The van der Waals surface area contributed by atoms with Crippen molar-refractivity contribution in [1.82, 2.24) is 19.8 Å². The zero-order chi connectivity index (χ0) is 23.2. The van der Waals surface area contributed by atoms with Gasteiger partial charge in [0.2, 0.25) is 11.8 Å². The molecule has 0 bridgehead atoms. The predicted octanol–water partition coefficient (Wildman–Crippen LogP) is 3.64. The molecule has 1 unspecified atom stereocenters. The molecule has 0 spiro atoms. The molecule has 3 heterocycles. The van der Waals surface area contributed by atoms with Gasteiger partial charge in [-0.3, -0.25) is 24.3 Å². The molecule has 1 aromatic heterocycles. The second-order valence-corrected chi connectivity index (χ2v) is 9.53. The number of benzene rings is 2. The average molecular weight is 455 g/mol. The number of imidazole rings is 1. The molecular weight excluding hydrogens is 428 g/mol. The third-order valence-corrected chi connectivity index (χ3v) is 7.29. The van der Waals surface area contributed by atoms with Crippen LogP contribution in [0.5, 0.6) is 0 Å². The number of hydrogen-bond acceptors (Lipinski definition) is 4. The van der Waals surface area contributed by atoms with Gasteiger partial charge in [0.05, 0.1) is 5.69 Å². The van der Waals surface area contributed by atoms with E-state index >= 15 is 0 Å². The van der Waals surface area contributed by atoms with E-state index in [0.717, 1.165) is 34.8 Å². The van der Waals surface area contributed by atoms with Gasteiger partial charge < -0.3 is 4.90 Å². The smallest absolute Gasteiger partial charge is 0.255 e. The first kappa shape index (κ1) is 20.8. The van der Waals surface area contributed by atoms with Crippen molar-refractivity contribution in [2.75, 3.05) is 0 Å². The van der Waals surface area contributed by atoms with E-state index in [-0.39, 0.29) is 18.2 Å². The number of para-hydroxylation sites is 1. The fraction of sp³-hybridized carbons (Fsp3) is 0.333. The van der Waals surface area contributed by atoms with Crippen molar-refractivity contribution in [1.29, 1.82) is 0 Å². The van der Waals surface area contributed by atoms with Crippen molar-refractivity contribution in [2.24, 2.45) is 5.92 Å². The van der Waals surface area contributed by atoms with Crippen LogP contribution in [-0.4, -0.2) is 38.2 Å². The number of carbonyl (C=O) groups is 3. The summed E-state index contributed by atoms with van der Waals surface area (Å²) >= 11 is 0. The van der Waals surface area contributed by atoms with Crippen LogP contribution in [0.25, 0.3) is 17.1 Å². The van der Waals surface area contributed by atoms with Crippen LogP contribution in [0, 0.1) is 5.92 Å². The fourth-order valence-corrected chi connectivity index (χ4v) is 5.22. The molecule has 1 N–H and O–H groups in total. The number of rotatable bonds is 5. The summed E-state index contributed by atoms with van der Waals surface area (Å²) in [6.07, 6.45) is 7.58. The van der Waals surface area contributed by atoms with Gasteiger partial charge in [0.25, 0.3) is 5.91 Å². The molecule has 3 amide bonds. The summed E-state index contributed by atoms with van der Waals surface area (Å²) in [6.45, 7) is 0.356. The van der Waals surface area contributed by atoms with Crippen molar-refractivity contribution in [3.05, 3.63) is 71.5 Å². The van der Waals surface area contributed by atoms with Crippen LogP contribution < -0.4 is 5.32 Å². The molecule has 7 heteroatoms. The first-order chi connectivity index (χ1) is 16.6. The van der Waals surface area contributed by atoms with Gasteiger partial charge in [-0.05, 0) is 48.6 Å². The summed E-state index contributed by atoms with van der Waals surface area (Å²) < 4.78 is 2.13. The van der Waals surface area contributed by atoms with E-state index in [4.69, 9.17) is 4.98 Å². The highest BCUT2D eigenvalue weighted by atomic mass is 16.2. The molecule has 6 rings (SSSR count). The van der Waals surface area contributed by atoms with Crippen LogP contribution in [-0.2, 0) is 22.6 Å². The predicted molar refractivity (Wildman–Crippen MR) is 126 cm³/mol. The Kier molecular flexibility index (Phi) is 5.05. The van der Waals surface area contributed by atoms with E-state index in [9.17, 15) is 14.4 Å². The number of hydrogen-bond donors (Lipinski definition) is 1. The summed E-state index contributed by atoms with van der Waals surface area (Å²) in [7, 11) is 0. The number of amides is 3. The highest BCUT2D eigenvalue weighted by Gasteiger charge is 2.39. The Labute approximate surface area is 197 Å². The lowest BCUT2D eigenvalue weighted by molar-refractivity contribution is -0.136. The molecule has 0 radical (unpaired) electrons. The topological polar surface area (TPSA) is 84.3 Å². The van der Waals surface area contributed by atoms with Crippen molar-refractivity contribution < 1.29 is 14.4 Å². The molecule has 1 aliphatic carbocycles. The number of imide groups is 1. The molecule has 2 aliphatic heterocycles. The summed E-state index contributed by atoms with van der Waals surface area (Å²) in [6, 6.07) is 15.4. The quantitative estimate of drug-likeness (QED) is 0.597. The number of aromatic nitrogens is 2. The van der Waals surface area contributed by atoms with E-state index in [1.54, 1.807) is 4.90 Å². The minimum absolute atomic E-state index is 0.159. The standard InChI is InChI=1S/C27H26N4O3/c32-24-12-11-23(26(33)29-24)31-15-19-14-18(9-10-22(19)27(31)34)25-28-20(13-17-5-4-6-17)16-30(25)21-7-2-1-3-8-21/h1-3,7-10,14,16-17,23H,4-6,11-13,15H2,(H,29,32,33). The maximum absolute atomic E-state index is 13.1. The monoisotopic (exact) mass is 454 g/mol. The molecule has 34 heavy (non-hydrogen) atoms. The maximum Gasteiger partial charge on any atom is 0.255 e. The van der Waals surface area contributed by atoms with Crippen LogP contribution in [0.2, 0.25) is 0 Å². The van der Waals surface area contributed by atoms with Gasteiger partial charge in [0.15, 0.2) is 0 Å². The summed E-state index contributed by atoms with van der Waals surface area (Å²) in [5.74, 6) is 0.742. The van der Waals surface area contributed by atoms with Gasteiger partial charge in [0, 0.05) is 36.0 Å². The van der Waals surface area contributed by atoms with Crippen LogP contribution in [0.3, 0.4) is 0 Å². The molecule has 1 atom stereocenters. The van der Waals surface area contributed by atoms with Crippen LogP contribution in [0.15, 0.2) is 54.7 Å². The molecule has 2 aromatic carbocycles. The third kappa shape index (κ3) is 3.61. The average Bonchev–Trinajstić information content (AvgIpc) is 3.38. The molecule has 2 fully saturated rings. The normalized spacial score (nSPS) is 20.3. The maximum atomic E-state index is 13.1. The zero-order valence-electron chi connectivity index (χ0n) is 18.9. The van der Waals surface area contributed by atoms with E-state index in [1.165, 1.54) is 19.3 Å². The van der Waals surface area contributed by atoms with E-state index in [0.29, 0.717) is 24.4 Å². The van der Waals surface area contributed by atoms with Gasteiger partial charge in [-0.25, -0.2) is 4.98 Å². The number of nitrogens with zero attached hydrogens (tertiary/aromatic N) is 3. The molecule has 3 aromatic rings.